The third-order valence-electron chi connectivity index (χ3n) is 4.69. The molecule has 0 atom stereocenters. The fourth-order valence-corrected chi connectivity index (χ4v) is 5.59. The highest BCUT2D eigenvalue weighted by atomic mass is 28.3. The van der Waals surface area contributed by atoms with Crippen molar-refractivity contribution in [3.8, 4) is 0 Å². The highest BCUT2D eigenvalue weighted by Gasteiger charge is 2.21. The van der Waals surface area contributed by atoms with Crippen molar-refractivity contribution >= 4 is 46.8 Å². The van der Waals surface area contributed by atoms with Crippen LogP contribution in [0.5, 0.6) is 0 Å². The maximum absolute atomic E-state index is 6.05. The molecule has 126 valence electrons. The normalized spacial score (nSPS) is 11.8. The van der Waals surface area contributed by atoms with E-state index in [1.165, 1.54) is 37.5 Å². The van der Waals surface area contributed by atoms with Gasteiger partial charge in [0.2, 0.25) is 0 Å². The first-order chi connectivity index (χ1) is 12.3. The summed E-state index contributed by atoms with van der Waals surface area (Å²) in [6.45, 7) is 5.44. The molecule has 0 amide bonds. The monoisotopic (exact) mass is 346 g/mol. The minimum absolute atomic E-state index is 0.679. The van der Waals surface area contributed by atoms with Crippen molar-refractivity contribution in [3.05, 3.63) is 66.7 Å². The van der Waals surface area contributed by atoms with E-state index in [9.17, 15) is 0 Å². The number of hydrogen-bond acceptors (Lipinski definition) is 2. The Bertz CT molecular complexity index is 991. The van der Waals surface area contributed by atoms with Crippen LogP contribution in [0.4, 0.5) is 0 Å². The minimum Gasteiger partial charge on any atom is -0.394 e. The molecule has 0 unspecified atom stereocenters. The third kappa shape index (κ3) is 2.74. The van der Waals surface area contributed by atoms with E-state index in [1.54, 1.807) is 0 Å². The molecule has 0 bridgehead atoms. The minimum atomic E-state index is -1.93. The van der Waals surface area contributed by atoms with E-state index in [2.05, 4.69) is 66.7 Å². The topological polar surface area (TPSA) is 18.5 Å². The van der Waals surface area contributed by atoms with Crippen molar-refractivity contribution in [2.24, 2.45) is 0 Å². The second-order valence-electron chi connectivity index (χ2n) is 6.10. The summed E-state index contributed by atoms with van der Waals surface area (Å²) in [6.07, 6.45) is 0. The highest BCUT2D eigenvalue weighted by Crippen LogP contribution is 2.34. The molecule has 0 aliphatic rings. The molecular formula is C22H22O2Si. The van der Waals surface area contributed by atoms with Gasteiger partial charge in [-0.3, -0.25) is 0 Å². The van der Waals surface area contributed by atoms with Gasteiger partial charge < -0.3 is 8.85 Å². The van der Waals surface area contributed by atoms with Gasteiger partial charge in [-0.05, 0) is 51.4 Å². The van der Waals surface area contributed by atoms with Gasteiger partial charge >= 0.3 is 9.28 Å². The summed E-state index contributed by atoms with van der Waals surface area (Å²) in [7, 11) is -1.93. The van der Waals surface area contributed by atoms with Crippen LogP contribution in [-0.2, 0) is 8.85 Å². The Morgan fingerprint density at radius 1 is 0.600 bits per heavy atom. The molecule has 0 aromatic heterocycles. The van der Waals surface area contributed by atoms with Crippen molar-refractivity contribution in [1.82, 2.24) is 0 Å². The molecule has 0 radical (unpaired) electrons. The molecule has 4 rings (SSSR count). The Kier molecular flexibility index (Phi) is 4.53. The lowest BCUT2D eigenvalue weighted by Gasteiger charge is -2.19. The van der Waals surface area contributed by atoms with Crippen LogP contribution in [0.25, 0.3) is 32.3 Å². The molecule has 0 aliphatic carbocycles. The predicted molar refractivity (Wildman–Crippen MR) is 109 cm³/mol. The number of rotatable bonds is 5. The second kappa shape index (κ2) is 6.96. The van der Waals surface area contributed by atoms with Crippen LogP contribution in [0, 0.1) is 0 Å². The third-order valence-corrected chi connectivity index (χ3v) is 6.95. The van der Waals surface area contributed by atoms with Crippen LogP contribution in [0.1, 0.15) is 13.8 Å². The van der Waals surface area contributed by atoms with Gasteiger partial charge in [0.15, 0.2) is 0 Å². The first-order valence-electron chi connectivity index (χ1n) is 8.90. The predicted octanol–water partition coefficient (Wildman–Crippen LogP) is 4.65. The van der Waals surface area contributed by atoms with E-state index in [0.717, 1.165) is 0 Å². The Morgan fingerprint density at radius 3 is 1.56 bits per heavy atom. The van der Waals surface area contributed by atoms with E-state index in [4.69, 9.17) is 8.85 Å². The summed E-state index contributed by atoms with van der Waals surface area (Å²) in [5.41, 5.74) is 0. The summed E-state index contributed by atoms with van der Waals surface area (Å²) >= 11 is 0. The number of benzene rings is 4. The number of hydrogen-bond donors (Lipinski definition) is 0. The average molecular weight is 347 g/mol. The van der Waals surface area contributed by atoms with Crippen molar-refractivity contribution in [2.45, 2.75) is 13.8 Å². The molecule has 2 nitrogen and oxygen atoms in total. The molecule has 0 aliphatic heterocycles. The lowest BCUT2D eigenvalue weighted by molar-refractivity contribution is 0.225. The summed E-state index contributed by atoms with van der Waals surface area (Å²) in [5.74, 6) is 0. The van der Waals surface area contributed by atoms with Gasteiger partial charge in [0.25, 0.3) is 0 Å². The van der Waals surface area contributed by atoms with E-state index < -0.39 is 9.28 Å². The highest BCUT2D eigenvalue weighted by molar-refractivity contribution is 6.65. The van der Waals surface area contributed by atoms with Gasteiger partial charge in [0.1, 0.15) is 0 Å². The van der Waals surface area contributed by atoms with E-state index in [1.807, 2.05) is 13.8 Å². The van der Waals surface area contributed by atoms with Gasteiger partial charge in [-0.2, -0.15) is 0 Å². The molecule has 0 heterocycles. The van der Waals surface area contributed by atoms with Crippen LogP contribution in [0.15, 0.2) is 66.7 Å². The van der Waals surface area contributed by atoms with E-state index in [0.29, 0.717) is 13.2 Å². The molecule has 0 spiro atoms. The van der Waals surface area contributed by atoms with Gasteiger partial charge in [-0.15, -0.1) is 0 Å². The van der Waals surface area contributed by atoms with Crippen molar-refractivity contribution in [1.29, 1.82) is 0 Å². The Morgan fingerprint density at radius 2 is 1.04 bits per heavy atom. The second-order valence-corrected chi connectivity index (χ2v) is 8.06. The first-order valence-corrected chi connectivity index (χ1v) is 10.4. The zero-order valence-electron chi connectivity index (χ0n) is 14.7. The molecular weight excluding hydrogens is 324 g/mol. The van der Waals surface area contributed by atoms with Crippen LogP contribution >= 0.6 is 0 Å². The summed E-state index contributed by atoms with van der Waals surface area (Å²) in [6, 6.07) is 23.9. The number of fused-ring (bicyclic) bond motifs is 6. The quantitative estimate of drug-likeness (QED) is 0.387. The maximum Gasteiger partial charge on any atom is 0.356 e. The summed E-state index contributed by atoms with van der Waals surface area (Å²) < 4.78 is 12.1. The SMILES string of the molecule is CCO[SiH](OCC)c1cccc2c3ccccc3c3ccccc3c12. The van der Waals surface area contributed by atoms with Gasteiger partial charge in [-0.1, -0.05) is 66.7 Å². The molecule has 4 aromatic carbocycles. The fourth-order valence-electron chi connectivity index (χ4n) is 3.71. The van der Waals surface area contributed by atoms with Gasteiger partial charge in [-0.25, -0.2) is 0 Å². The van der Waals surface area contributed by atoms with E-state index in [-0.39, 0.29) is 0 Å². The summed E-state index contributed by atoms with van der Waals surface area (Å²) in [5, 5.41) is 8.97. The van der Waals surface area contributed by atoms with Crippen molar-refractivity contribution < 1.29 is 8.85 Å². The summed E-state index contributed by atoms with van der Waals surface area (Å²) in [4.78, 5) is 0. The zero-order valence-corrected chi connectivity index (χ0v) is 15.8. The molecule has 0 saturated heterocycles. The lowest BCUT2D eigenvalue weighted by Crippen LogP contribution is -2.37. The molecule has 0 saturated carbocycles. The Balaban J connectivity index is 2.16. The van der Waals surface area contributed by atoms with Gasteiger partial charge in [0, 0.05) is 13.2 Å². The molecule has 4 aromatic rings. The largest absolute Gasteiger partial charge is 0.394 e. The van der Waals surface area contributed by atoms with Crippen LogP contribution in [0.2, 0.25) is 0 Å². The van der Waals surface area contributed by atoms with Crippen LogP contribution in [-0.4, -0.2) is 22.5 Å². The zero-order chi connectivity index (χ0) is 17.2. The molecule has 0 N–H and O–H groups in total. The Labute approximate surface area is 149 Å². The average Bonchev–Trinajstić information content (AvgIpc) is 2.67. The van der Waals surface area contributed by atoms with Crippen molar-refractivity contribution in [2.75, 3.05) is 13.2 Å². The first kappa shape index (κ1) is 16.3. The van der Waals surface area contributed by atoms with Crippen LogP contribution in [0.3, 0.4) is 0 Å². The smallest absolute Gasteiger partial charge is 0.356 e. The lowest BCUT2D eigenvalue weighted by atomic mass is 9.94. The van der Waals surface area contributed by atoms with Crippen LogP contribution < -0.4 is 5.19 Å². The molecule has 0 fully saturated rings. The van der Waals surface area contributed by atoms with Crippen molar-refractivity contribution in [3.63, 3.8) is 0 Å². The maximum atomic E-state index is 6.05. The molecule has 3 heteroatoms. The standard InChI is InChI=1S/C22H22O2Si/c1-3-23-25(24-4-2)21-15-9-14-20-18-11-6-5-10-16(18)17-12-7-8-13-19(17)22(20)21/h5-15,25H,3-4H2,1-2H3. The van der Waals surface area contributed by atoms with Gasteiger partial charge in [0.05, 0.1) is 0 Å². The molecule has 25 heavy (non-hydrogen) atoms. The fraction of sp³-hybridized carbons (Fsp3) is 0.182. The van der Waals surface area contributed by atoms with E-state index >= 15 is 0 Å². The Hall–Kier alpha value is -2.20.